The van der Waals surface area contributed by atoms with Gasteiger partial charge in [0.15, 0.2) is 0 Å². The van der Waals surface area contributed by atoms with E-state index < -0.39 is 16.0 Å². The number of nitrogens with zero attached hydrogens (tertiary/aromatic N) is 1. The molecule has 32 heavy (non-hydrogen) atoms. The maximum atomic E-state index is 12.8. The maximum absolute atomic E-state index is 12.8. The van der Waals surface area contributed by atoms with Crippen molar-refractivity contribution in [2.45, 2.75) is 63.6 Å². The summed E-state index contributed by atoms with van der Waals surface area (Å²) in [7, 11) is -3.87. The van der Waals surface area contributed by atoms with Crippen LogP contribution in [0.5, 0.6) is 0 Å². The monoisotopic (exact) mass is 470 g/mol. The molecule has 3 rings (SSSR count). The second-order valence-corrected chi connectivity index (χ2v) is 10.3. The molecule has 0 aromatic carbocycles. The third-order valence-electron chi connectivity index (χ3n) is 6.24. The van der Waals surface area contributed by atoms with Gasteiger partial charge in [-0.2, -0.15) is 4.31 Å². The third kappa shape index (κ3) is 6.11. The molecule has 1 amide bonds. The Morgan fingerprint density at radius 1 is 1.16 bits per heavy atom. The zero-order chi connectivity index (χ0) is 23.1. The van der Waals surface area contributed by atoms with Crippen LogP contribution in [-0.4, -0.2) is 63.6 Å². The molecule has 0 unspecified atom stereocenters. The summed E-state index contributed by atoms with van der Waals surface area (Å²) >= 11 is 0. The molecule has 1 aliphatic heterocycles. The second kappa shape index (κ2) is 11.3. The van der Waals surface area contributed by atoms with E-state index >= 15 is 0 Å². The Kier molecular flexibility index (Phi) is 8.72. The van der Waals surface area contributed by atoms with Crippen molar-refractivity contribution < 1.29 is 31.9 Å². The highest BCUT2D eigenvalue weighted by Gasteiger charge is 2.34. The molecule has 1 saturated heterocycles. The molecule has 10 heteroatoms. The van der Waals surface area contributed by atoms with E-state index in [0.717, 1.165) is 6.42 Å². The van der Waals surface area contributed by atoms with Gasteiger partial charge in [-0.3, -0.25) is 4.79 Å². The number of rotatable bonds is 9. The maximum Gasteiger partial charge on any atom is 0.374 e. The topological polar surface area (TPSA) is 115 Å². The van der Waals surface area contributed by atoms with E-state index in [1.54, 1.807) is 6.92 Å². The van der Waals surface area contributed by atoms with Gasteiger partial charge in [-0.05, 0) is 50.7 Å². The van der Waals surface area contributed by atoms with Crippen LogP contribution in [0.1, 0.15) is 62.9 Å². The second-order valence-electron chi connectivity index (χ2n) is 8.48. The molecule has 0 spiro atoms. The Hall–Kier alpha value is -1.91. The summed E-state index contributed by atoms with van der Waals surface area (Å²) < 4.78 is 42.9. The fraction of sp³-hybridized carbons (Fsp3) is 0.727. The minimum absolute atomic E-state index is 0.0649. The average molecular weight is 471 g/mol. The van der Waals surface area contributed by atoms with Gasteiger partial charge in [0, 0.05) is 25.6 Å². The largest absolute Gasteiger partial charge is 0.460 e. The smallest absolute Gasteiger partial charge is 0.374 e. The predicted molar refractivity (Wildman–Crippen MR) is 117 cm³/mol. The van der Waals surface area contributed by atoms with Crippen LogP contribution in [0.2, 0.25) is 0 Å². The summed E-state index contributed by atoms with van der Waals surface area (Å²) in [6, 6.07) is 2.55. The van der Waals surface area contributed by atoms with E-state index in [1.807, 2.05) is 0 Å². The SMILES string of the molecule is CCOC(=O)c1ccc(S(=O)(=O)N2CCC(C(=O)NCCO[C@H]3CCCC[C@H]3C)CC2)o1. The number of sulfonamides is 1. The number of hydrogen-bond donors (Lipinski definition) is 1. The summed E-state index contributed by atoms with van der Waals surface area (Å²) in [6.45, 7) is 5.42. The van der Waals surface area contributed by atoms with Gasteiger partial charge in [0.1, 0.15) is 0 Å². The molecule has 1 aromatic heterocycles. The van der Waals surface area contributed by atoms with Crippen LogP contribution in [0.3, 0.4) is 0 Å². The van der Waals surface area contributed by atoms with Gasteiger partial charge in [-0.1, -0.05) is 19.8 Å². The molecule has 2 aliphatic rings. The first-order valence-electron chi connectivity index (χ1n) is 11.5. The number of carbonyl (C=O) groups is 2. The van der Waals surface area contributed by atoms with Crippen LogP contribution < -0.4 is 5.32 Å². The van der Waals surface area contributed by atoms with Crippen LogP contribution in [0, 0.1) is 11.8 Å². The van der Waals surface area contributed by atoms with E-state index in [4.69, 9.17) is 13.9 Å². The number of amides is 1. The summed E-state index contributed by atoms with van der Waals surface area (Å²) in [5.41, 5.74) is 0. The van der Waals surface area contributed by atoms with E-state index in [1.165, 1.54) is 35.7 Å². The van der Waals surface area contributed by atoms with Crippen LogP contribution in [0.15, 0.2) is 21.6 Å². The minimum Gasteiger partial charge on any atom is -0.460 e. The Balaban J connectivity index is 1.42. The van der Waals surface area contributed by atoms with Crippen molar-refractivity contribution in [2.24, 2.45) is 11.8 Å². The van der Waals surface area contributed by atoms with Crippen molar-refractivity contribution in [1.29, 1.82) is 0 Å². The molecular weight excluding hydrogens is 436 g/mol. The highest BCUT2D eigenvalue weighted by atomic mass is 32.2. The molecule has 1 saturated carbocycles. The van der Waals surface area contributed by atoms with Crippen LogP contribution in [0.25, 0.3) is 0 Å². The van der Waals surface area contributed by atoms with Crippen molar-refractivity contribution in [3.05, 3.63) is 17.9 Å². The quantitative estimate of drug-likeness (QED) is 0.436. The van der Waals surface area contributed by atoms with E-state index in [9.17, 15) is 18.0 Å². The van der Waals surface area contributed by atoms with Gasteiger partial charge in [0.2, 0.25) is 16.8 Å². The fourth-order valence-corrected chi connectivity index (χ4v) is 5.70. The van der Waals surface area contributed by atoms with E-state index in [0.29, 0.717) is 31.9 Å². The number of ether oxygens (including phenoxy) is 2. The summed E-state index contributed by atoms with van der Waals surface area (Å²) in [6.07, 6.45) is 5.87. The Labute approximate surface area is 189 Å². The molecule has 9 nitrogen and oxygen atoms in total. The molecule has 2 fully saturated rings. The molecule has 0 bridgehead atoms. The van der Waals surface area contributed by atoms with E-state index in [-0.39, 0.29) is 48.5 Å². The zero-order valence-corrected chi connectivity index (χ0v) is 19.7. The highest BCUT2D eigenvalue weighted by molar-refractivity contribution is 7.89. The van der Waals surface area contributed by atoms with Crippen LogP contribution in [0.4, 0.5) is 0 Å². The molecule has 0 radical (unpaired) electrons. The van der Waals surface area contributed by atoms with Gasteiger partial charge in [0.05, 0.1) is 19.3 Å². The molecule has 180 valence electrons. The van der Waals surface area contributed by atoms with Gasteiger partial charge >= 0.3 is 5.97 Å². The number of esters is 1. The summed E-state index contributed by atoms with van der Waals surface area (Å²) in [5, 5.41) is 2.62. The number of hydrogen-bond acceptors (Lipinski definition) is 7. The first-order valence-corrected chi connectivity index (χ1v) is 12.9. The fourth-order valence-electron chi connectivity index (χ4n) is 4.32. The number of carbonyl (C=O) groups excluding carboxylic acids is 2. The summed E-state index contributed by atoms with van der Waals surface area (Å²) in [4.78, 5) is 24.2. The lowest BCUT2D eigenvalue weighted by atomic mass is 9.88. The molecule has 1 N–H and O–H groups in total. The molecular formula is C22H34N2O7S. The lowest BCUT2D eigenvalue weighted by Crippen LogP contribution is -2.43. The van der Waals surface area contributed by atoms with Crippen molar-refractivity contribution in [3.63, 3.8) is 0 Å². The standard InChI is InChI=1S/C22H34N2O7S/c1-3-29-22(26)19-8-9-20(31-19)32(27,28)24-13-10-17(11-14-24)21(25)23-12-15-30-18-7-5-4-6-16(18)2/h8-9,16-18H,3-7,10-15H2,1-2H3,(H,23,25)/t16-,18+/m1/s1. The number of piperidine rings is 1. The predicted octanol–water partition coefficient (Wildman–Crippen LogP) is 2.57. The number of furan rings is 1. The van der Waals surface area contributed by atoms with Gasteiger partial charge in [-0.25, -0.2) is 13.2 Å². The minimum atomic E-state index is -3.87. The van der Waals surface area contributed by atoms with E-state index in [2.05, 4.69) is 12.2 Å². The van der Waals surface area contributed by atoms with Crippen molar-refractivity contribution in [2.75, 3.05) is 32.8 Å². The molecule has 1 aliphatic carbocycles. The Morgan fingerprint density at radius 3 is 2.56 bits per heavy atom. The zero-order valence-electron chi connectivity index (χ0n) is 18.9. The first-order chi connectivity index (χ1) is 15.3. The summed E-state index contributed by atoms with van der Waals surface area (Å²) in [5.74, 6) is -0.587. The molecule has 2 atom stereocenters. The van der Waals surface area contributed by atoms with Gasteiger partial charge in [0.25, 0.3) is 10.0 Å². The first kappa shape index (κ1) is 24.7. The normalized spacial score (nSPS) is 23.1. The van der Waals surface area contributed by atoms with Crippen molar-refractivity contribution >= 4 is 21.9 Å². The average Bonchev–Trinajstić information content (AvgIpc) is 3.29. The number of nitrogens with one attached hydrogen (secondary N) is 1. The van der Waals surface area contributed by atoms with Crippen LogP contribution >= 0.6 is 0 Å². The lowest BCUT2D eigenvalue weighted by molar-refractivity contribution is -0.126. The van der Waals surface area contributed by atoms with Crippen molar-refractivity contribution in [3.8, 4) is 0 Å². The van der Waals surface area contributed by atoms with Gasteiger partial charge in [-0.15, -0.1) is 0 Å². The Bertz CT molecular complexity index is 875. The van der Waals surface area contributed by atoms with Crippen molar-refractivity contribution in [1.82, 2.24) is 9.62 Å². The van der Waals surface area contributed by atoms with Gasteiger partial charge < -0.3 is 19.2 Å². The van der Waals surface area contributed by atoms with Crippen LogP contribution in [-0.2, 0) is 24.3 Å². The lowest BCUT2D eigenvalue weighted by Gasteiger charge is -2.30. The highest BCUT2D eigenvalue weighted by Crippen LogP contribution is 2.27. The third-order valence-corrected chi connectivity index (χ3v) is 8.02. The molecule has 1 aromatic rings. The molecule has 2 heterocycles. The Morgan fingerprint density at radius 2 is 1.88 bits per heavy atom.